The first-order valence-corrected chi connectivity index (χ1v) is 6.59. The van der Waals surface area contributed by atoms with Crippen molar-refractivity contribution in [3.05, 3.63) is 42.6 Å². The minimum absolute atomic E-state index is 0.681. The zero-order chi connectivity index (χ0) is 12.2. The summed E-state index contributed by atoms with van der Waals surface area (Å²) in [5.41, 5.74) is 1.22. The molecule has 1 N–H and O–H groups in total. The summed E-state index contributed by atoms with van der Waals surface area (Å²) in [7, 11) is 0. The van der Waals surface area contributed by atoms with Gasteiger partial charge in [-0.15, -0.1) is 0 Å². The first kappa shape index (κ1) is 11.4. The molecule has 1 aliphatic carbocycles. The maximum Gasteiger partial charge on any atom is 0.142 e. The lowest BCUT2D eigenvalue weighted by molar-refractivity contribution is 0.523. The lowest BCUT2D eigenvalue weighted by Crippen LogP contribution is -2.26. The van der Waals surface area contributed by atoms with E-state index in [1.807, 2.05) is 23.0 Å². The van der Waals surface area contributed by atoms with Gasteiger partial charge in [0, 0.05) is 36.7 Å². The van der Waals surface area contributed by atoms with Crippen molar-refractivity contribution >= 4 is 0 Å². The predicted octanol–water partition coefficient (Wildman–Crippen LogP) is 2.30. The normalized spacial score (nSPS) is 16.2. The molecule has 2 aromatic rings. The van der Waals surface area contributed by atoms with Gasteiger partial charge in [-0.3, -0.25) is 4.57 Å². The second kappa shape index (κ2) is 5.31. The van der Waals surface area contributed by atoms with Crippen molar-refractivity contribution in [1.29, 1.82) is 0 Å². The molecule has 2 heterocycles. The van der Waals surface area contributed by atoms with Gasteiger partial charge in [0.1, 0.15) is 12.1 Å². The summed E-state index contributed by atoms with van der Waals surface area (Å²) >= 11 is 0. The van der Waals surface area contributed by atoms with Crippen LogP contribution in [0.15, 0.2) is 37.1 Å². The fourth-order valence-electron chi connectivity index (χ4n) is 2.57. The summed E-state index contributed by atoms with van der Waals surface area (Å²) in [6.07, 6.45) is 12.7. The number of nitrogens with one attached hydrogen (secondary N) is 1. The van der Waals surface area contributed by atoms with Crippen molar-refractivity contribution in [2.75, 3.05) is 0 Å². The molecule has 1 aliphatic rings. The van der Waals surface area contributed by atoms with Gasteiger partial charge in [0.25, 0.3) is 0 Å². The van der Waals surface area contributed by atoms with Crippen molar-refractivity contribution < 1.29 is 0 Å². The maximum atomic E-state index is 4.45. The molecule has 0 aromatic carbocycles. The number of nitrogens with zero attached hydrogens (tertiary/aromatic N) is 3. The highest BCUT2D eigenvalue weighted by atomic mass is 15.1. The fraction of sp³-hybridized carbons (Fsp3) is 0.429. The monoisotopic (exact) mass is 242 g/mol. The van der Waals surface area contributed by atoms with Crippen LogP contribution in [0, 0.1) is 0 Å². The Morgan fingerprint density at radius 2 is 2.17 bits per heavy atom. The van der Waals surface area contributed by atoms with Crippen molar-refractivity contribution in [1.82, 2.24) is 19.9 Å². The lowest BCUT2D eigenvalue weighted by Gasteiger charge is -2.14. The zero-order valence-electron chi connectivity index (χ0n) is 10.4. The second-order valence-corrected chi connectivity index (χ2v) is 4.82. The van der Waals surface area contributed by atoms with E-state index >= 15 is 0 Å². The predicted molar refractivity (Wildman–Crippen MR) is 70.5 cm³/mol. The van der Waals surface area contributed by atoms with Crippen LogP contribution < -0.4 is 5.32 Å². The summed E-state index contributed by atoms with van der Waals surface area (Å²) in [6, 6.07) is 4.80. The first-order chi connectivity index (χ1) is 8.93. The molecule has 4 nitrogen and oxygen atoms in total. The van der Waals surface area contributed by atoms with E-state index in [-0.39, 0.29) is 0 Å². The van der Waals surface area contributed by atoms with Crippen LogP contribution in [0.4, 0.5) is 0 Å². The molecule has 3 rings (SSSR count). The molecule has 94 valence electrons. The smallest absolute Gasteiger partial charge is 0.142 e. The van der Waals surface area contributed by atoms with Crippen molar-refractivity contribution in [3.63, 3.8) is 0 Å². The van der Waals surface area contributed by atoms with Crippen LogP contribution in [0.1, 0.15) is 31.2 Å². The highest BCUT2D eigenvalue weighted by molar-refractivity contribution is 5.33. The molecule has 0 amide bonds. The molecular formula is C14H18N4. The van der Waals surface area contributed by atoms with Gasteiger partial charge in [-0.2, -0.15) is 0 Å². The molecule has 2 aromatic heterocycles. The molecule has 0 aliphatic heterocycles. The zero-order valence-corrected chi connectivity index (χ0v) is 10.4. The number of aromatic nitrogens is 3. The van der Waals surface area contributed by atoms with Gasteiger partial charge in [0.15, 0.2) is 0 Å². The summed E-state index contributed by atoms with van der Waals surface area (Å²) in [6.45, 7) is 0.881. The Morgan fingerprint density at radius 1 is 1.28 bits per heavy atom. The van der Waals surface area contributed by atoms with E-state index in [4.69, 9.17) is 0 Å². The third kappa shape index (κ3) is 2.43. The van der Waals surface area contributed by atoms with Gasteiger partial charge in [0.2, 0.25) is 0 Å². The number of imidazole rings is 1. The molecule has 0 bridgehead atoms. The van der Waals surface area contributed by atoms with Crippen LogP contribution >= 0.6 is 0 Å². The Hall–Kier alpha value is -1.68. The number of pyridine rings is 1. The third-order valence-corrected chi connectivity index (χ3v) is 3.55. The molecule has 1 fully saturated rings. The van der Waals surface area contributed by atoms with E-state index in [0.29, 0.717) is 6.04 Å². The molecule has 0 saturated heterocycles. The number of hydrogen-bond acceptors (Lipinski definition) is 3. The summed E-state index contributed by atoms with van der Waals surface area (Å²) in [5.74, 6) is 0.973. The number of rotatable bonds is 4. The number of hydrogen-bond donors (Lipinski definition) is 1. The second-order valence-electron chi connectivity index (χ2n) is 4.82. The van der Waals surface area contributed by atoms with E-state index in [0.717, 1.165) is 12.4 Å². The molecule has 0 atom stereocenters. The van der Waals surface area contributed by atoms with E-state index < -0.39 is 0 Å². The van der Waals surface area contributed by atoms with E-state index in [2.05, 4.69) is 21.4 Å². The molecule has 0 radical (unpaired) electrons. The van der Waals surface area contributed by atoms with Gasteiger partial charge in [-0.05, 0) is 18.9 Å². The van der Waals surface area contributed by atoms with E-state index in [1.54, 1.807) is 12.5 Å². The van der Waals surface area contributed by atoms with Crippen LogP contribution in [-0.4, -0.2) is 20.6 Å². The largest absolute Gasteiger partial charge is 0.310 e. The SMILES string of the molecule is c1cnc(-n2ccnc2)c(CNC2CCCC2)c1. The molecule has 4 heteroatoms. The molecule has 0 unspecified atom stereocenters. The summed E-state index contributed by atoms with van der Waals surface area (Å²) in [5, 5.41) is 3.63. The highest BCUT2D eigenvalue weighted by Gasteiger charge is 2.14. The summed E-state index contributed by atoms with van der Waals surface area (Å²) in [4.78, 5) is 8.53. The highest BCUT2D eigenvalue weighted by Crippen LogP contribution is 2.19. The van der Waals surface area contributed by atoms with Crippen molar-refractivity contribution in [2.24, 2.45) is 0 Å². The Morgan fingerprint density at radius 3 is 2.94 bits per heavy atom. The third-order valence-electron chi connectivity index (χ3n) is 3.55. The van der Waals surface area contributed by atoms with Gasteiger partial charge in [0.05, 0.1) is 0 Å². The van der Waals surface area contributed by atoms with Crippen LogP contribution in [0.25, 0.3) is 5.82 Å². The average molecular weight is 242 g/mol. The van der Waals surface area contributed by atoms with Gasteiger partial charge < -0.3 is 5.32 Å². The van der Waals surface area contributed by atoms with E-state index in [1.165, 1.54) is 31.2 Å². The minimum Gasteiger partial charge on any atom is -0.310 e. The molecule has 1 saturated carbocycles. The molecule has 0 spiro atoms. The summed E-state index contributed by atoms with van der Waals surface area (Å²) < 4.78 is 1.96. The van der Waals surface area contributed by atoms with E-state index in [9.17, 15) is 0 Å². The average Bonchev–Trinajstić information content (AvgIpc) is 3.10. The van der Waals surface area contributed by atoms with Gasteiger partial charge in [-0.1, -0.05) is 18.9 Å². The van der Waals surface area contributed by atoms with Crippen molar-refractivity contribution in [3.8, 4) is 5.82 Å². The molecular weight excluding hydrogens is 224 g/mol. The topological polar surface area (TPSA) is 42.7 Å². The minimum atomic E-state index is 0.681. The Kier molecular flexibility index (Phi) is 3.37. The Labute approximate surface area is 107 Å². The van der Waals surface area contributed by atoms with Crippen LogP contribution in [-0.2, 0) is 6.54 Å². The molecule has 18 heavy (non-hydrogen) atoms. The lowest BCUT2D eigenvalue weighted by atomic mass is 10.2. The standard InChI is InChI=1S/C14H18N4/c1-2-6-13(5-1)17-10-12-4-3-7-16-14(12)18-9-8-15-11-18/h3-4,7-9,11,13,17H,1-2,5-6,10H2. The quantitative estimate of drug-likeness (QED) is 0.894. The Bertz CT molecular complexity index is 486. The maximum absolute atomic E-state index is 4.45. The Balaban J connectivity index is 1.75. The van der Waals surface area contributed by atoms with Gasteiger partial charge in [-0.25, -0.2) is 9.97 Å². The van der Waals surface area contributed by atoms with Gasteiger partial charge >= 0.3 is 0 Å². The fourth-order valence-corrected chi connectivity index (χ4v) is 2.57. The first-order valence-electron chi connectivity index (χ1n) is 6.59. The van der Waals surface area contributed by atoms with Crippen LogP contribution in [0.3, 0.4) is 0 Å². The van der Waals surface area contributed by atoms with Crippen LogP contribution in [0.5, 0.6) is 0 Å². The van der Waals surface area contributed by atoms with Crippen LogP contribution in [0.2, 0.25) is 0 Å². The van der Waals surface area contributed by atoms with Crippen molar-refractivity contribution in [2.45, 2.75) is 38.3 Å².